The van der Waals surface area contributed by atoms with Crippen molar-refractivity contribution in [1.29, 1.82) is 21.2 Å². The van der Waals surface area contributed by atoms with Gasteiger partial charge in [-0.15, -0.1) is 0 Å². The first-order valence-electron chi connectivity index (χ1n) is 8.26. The Balaban J connectivity index is 2.24. The van der Waals surface area contributed by atoms with Gasteiger partial charge in [0.1, 0.15) is 5.92 Å². The molecule has 0 spiro atoms. The maximum atomic E-state index is 9.90. The quantitative estimate of drug-likeness (QED) is 0.836. The first-order valence-corrected chi connectivity index (χ1v) is 8.26. The number of nitrogens with zero attached hydrogens (tertiary/aromatic N) is 5. The lowest BCUT2D eigenvalue weighted by Gasteiger charge is -2.47. The van der Waals surface area contributed by atoms with Gasteiger partial charge >= 0.3 is 0 Å². The average molecular weight is 330 g/mol. The van der Waals surface area contributed by atoms with Crippen molar-refractivity contribution in [2.75, 3.05) is 19.6 Å². The van der Waals surface area contributed by atoms with Crippen LogP contribution in [0, 0.1) is 56.7 Å². The largest absolute Gasteiger partial charge is 0.305 e. The molecule has 1 N–H and O–H groups in total. The van der Waals surface area contributed by atoms with Crippen LogP contribution in [0.25, 0.3) is 0 Å². The fourth-order valence-electron chi connectivity index (χ4n) is 4.07. The van der Waals surface area contributed by atoms with Gasteiger partial charge in [-0.25, -0.2) is 0 Å². The molecule has 2 aliphatic rings. The fourth-order valence-corrected chi connectivity index (χ4v) is 4.07. The zero-order valence-electron chi connectivity index (χ0n) is 14.0. The molecule has 0 aromatic carbocycles. The summed E-state index contributed by atoms with van der Waals surface area (Å²) in [6, 6.07) is 9.95. The molecule has 25 heavy (non-hydrogen) atoms. The Bertz CT molecular complexity index is 821. The van der Waals surface area contributed by atoms with E-state index in [0.29, 0.717) is 6.54 Å². The normalized spacial score (nSPS) is 28.0. The van der Waals surface area contributed by atoms with E-state index in [1.165, 1.54) is 0 Å². The lowest BCUT2D eigenvalue weighted by Crippen LogP contribution is -2.52. The van der Waals surface area contributed by atoms with Gasteiger partial charge in [-0.1, -0.05) is 13.0 Å². The minimum absolute atomic E-state index is 0.103. The Morgan fingerprint density at radius 1 is 1.28 bits per heavy atom. The van der Waals surface area contributed by atoms with Crippen LogP contribution in [-0.4, -0.2) is 35.2 Å². The second-order valence-corrected chi connectivity index (χ2v) is 6.43. The Labute approximate surface area is 147 Å². The summed E-state index contributed by atoms with van der Waals surface area (Å²) in [6.45, 7) is 4.31. The standard InChI is InChI=1S/C19H18N6/c1-2-25-8-5-14-15(9-20)18(23)19(11-21,12-22)17(16(14)10-25)13-3-6-24-7-4-13/h3-7,15-17,23H,2,8,10H2,1H3/t15?,16-,17+/m1/s1. The summed E-state index contributed by atoms with van der Waals surface area (Å²) in [5.74, 6) is -1.43. The third-order valence-electron chi connectivity index (χ3n) is 5.38. The van der Waals surface area contributed by atoms with Crippen LogP contribution in [0.15, 0.2) is 36.2 Å². The Morgan fingerprint density at radius 3 is 2.52 bits per heavy atom. The van der Waals surface area contributed by atoms with Crippen molar-refractivity contribution in [3.63, 3.8) is 0 Å². The van der Waals surface area contributed by atoms with Crippen LogP contribution >= 0.6 is 0 Å². The number of nitriles is 3. The molecular weight excluding hydrogens is 312 g/mol. The van der Waals surface area contributed by atoms with Crippen LogP contribution in [0.3, 0.4) is 0 Å². The summed E-state index contributed by atoms with van der Waals surface area (Å²) in [5.41, 5.74) is -0.0527. The second kappa shape index (κ2) is 6.48. The molecule has 0 radical (unpaired) electrons. The van der Waals surface area contributed by atoms with Crippen LogP contribution in [0.1, 0.15) is 18.4 Å². The van der Waals surface area contributed by atoms with Gasteiger partial charge in [-0.2, -0.15) is 15.8 Å². The van der Waals surface area contributed by atoms with Gasteiger partial charge in [0.2, 0.25) is 0 Å². The molecule has 2 heterocycles. The molecular formula is C19H18N6. The Hall–Kier alpha value is -3.01. The van der Waals surface area contributed by atoms with Crippen molar-refractivity contribution >= 4 is 5.71 Å². The average Bonchev–Trinajstić information content (AvgIpc) is 2.67. The van der Waals surface area contributed by atoms with Gasteiger partial charge in [0.25, 0.3) is 0 Å². The third kappa shape index (κ3) is 2.41. The number of pyridine rings is 1. The molecule has 124 valence electrons. The van der Waals surface area contributed by atoms with Crippen LogP contribution in [0.4, 0.5) is 0 Å². The predicted molar refractivity (Wildman–Crippen MR) is 91.2 cm³/mol. The van der Waals surface area contributed by atoms with Crippen LogP contribution in [-0.2, 0) is 0 Å². The van der Waals surface area contributed by atoms with E-state index in [2.05, 4.69) is 35.0 Å². The lowest BCUT2D eigenvalue weighted by molar-refractivity contribution is 0.211. The number of hydrogen-bond acceptors (Lipinski definition) is 6. The van der Waals surface area contributed by atoms with Crippen molar-refractivity contribution in [1.82, 2.24) is 9.88 Å². The molecule has 0 bridgehead atoms. The maximum absolute atomic E-state index is 9.90. The van der Waals surface area contributed by atoms with E-state index in [4.69, 9.17) is 5.41 Å². The van der Waals surface area contributed by atoms with Gasteiger partial charge in [-0.3, -0.25) is 9.88 Å². The van der Waals surface area contributed by atoms with Gasteiger partial charge in [-0.05, 0) is 29.8 Å². The van der Waals surface area contributed by atoms with E-state index < -0.39 is 17.3 Å². The molecule has 1 aromatic heterocycles. The molecule has 1 aliphatic carbocycles. The van der Waals surface area contributed by atoms with Gasteiger partial charge in [0.15, 0.2) is 5.41 Å². The number of likely N-dealkylation sites (N-methyl/N-ethyl adjacent to an activating group) is 1. The van der Waals surface area contributed by atoms with Crippen LogP contribution < -0.4 is 0 Å². The molecule has 1 fully saturated rings. The molecule has 1 aromatic rings. The topological polar surface area (TPSA) is 111 Å². The van der Waals surface area contributed by atoms with Crippen molar-refractivity contribution in [3.8, 4) is 18.2 Å². The second-order valence-electron chi connectivity index (χ2n) is 6.43. The van der Waals surface area contributed by atoms with Crippen molar-refractivity contribution in [2.45, 2.75) is 12.8 Å². The van der Waals surface area contributed by atoms with Gasteiger partial charge in [0.05, 0.1) is 23.9 Å². The summed E-state index contributed by atoms with van der Waals surface area (Å²) in [5, 5.41) is 37.9. The van der Waals surface area contributed by atoms with E-state index in [0.717, 1.165) is 24.2 Å². The van der Waals surface area contributed by atoms with Gasteiger partial charge in [0, 0.05) is 37.3 Å². The minimum atomic E-state index is -1.64. The highest BCUT2D eigenvalue weighted by molar-refractivity contribution is 6.00. The smallest absolute Gasteiger partial charge is 0.189 e. The summed E-state index contributed by atoms with van der Waals surface area (Å²) in [4.78, 5) is 6.26. The molecule has 3 rings (SSSR count). The summed E-state index contributed by atoms with van der Waals surface area (Å²) >= 11 is 0. The highest BCUT2D eigenvalue weighted by Gasteiger charge is 2.57. The lowest BCUT2D eigenvalue weighted by atomic mass is 9.54. The first kappa shape index (κ1) is 16.8. The minimum Gasteiger partial charge on any atom is -0.305 e. The van der Waals surface area contributed by atoms with Gasteiger partial charge < -0.3 is 5.41 Å². The molecule has 0 amide bonds. The number of hydrogen-bond donors (Lipinski definition) is 1. The molecule has 6 heteroatoms. The molecule has 6 nitrogen and oxygen atoms in total. The maximum Gasteiger partial charge on any atom is 0.189 e. The number of rotatable bonds is 2. The summed E-state index contributed by atoms with van der Waals surface area (Å²) in [7, 11) is 0. The van der Waals surface area contributed by atoms with Crippen LogP contribution in [0.2, 0.25) is 0 Å². The molecule has 1 saturated carbocycles. The Morgan fingerprint density at radius 2 is 1.96 bits per heavy atom. The van der Waals surface area contributed by atoms with Crippen molar-refractivity contribution in [2.24, 2.45) is 17.3 Å². The Kier molecular flexibility index (Phi) is 4.36. The van der Waals surface area contributed by atoms with E-state index in [-0.39, 0.29) is 11.6 Å². The molecule has 0 saturated heterocycles. The number of nitrogens with one attached hydrogen (secondary N) is 1. The van der Waals surface area contributed by atoms with Crippen molar-refractivity contribution in [3.05, 3.63) is 41.7 Å². The number of aromatic nitrogens is 1. The zero-order valence-corrected chi connectivity index (χ0v) is 14.0. The summed E-state index contributed by atoms with van der Waals surface area (Å²) < 4.78 is 0. The number of fused-ring (bicyclic) bond motifs is 1. The molecule has 1 unspecified atom stereocenters. The highest BCUT2D eigenvalue weighted by atomic mass is 15.1. The fraction of sp³-hybridized carbons (Fsp3) is 0.421. The SMILES string of the molecule is CCN1CC=C2C(C#N)C(=N)C(C#N)(C#N)[C@@H](c3ccncc3)[C@@H]2C1. The highest BCUT2D eigenvalue weighted by Crippen LogP contribution is 2.53. The first-order chi connectivity index (χ1) is 12.1. The zero-order chi connectivity index (χ0) is 18.0. The molecule has 3 atom stereocenters. The van der Waals surface area contributed by atoms with E-state index >= 15 is 0 Å². The van der Waals surface area contributed by atoms with E-state index in [1.807, 2.05) is 6.08 Å². The predicted octanol–water partition coefficient (Wildman–Crippen LogP) is 2.25. The monoisotopic (exact) mass is 330 g/mol. The van der Waals surface area contributed by atoms with Crippen molar-refractivity contribution < 1.29 is 0 Å². The summed E-state index contributed by atoms with van der Waals surface area (Å²) in [6.07, 6.45) is 5.28. The molecule has 1 aliphatic heterocycles. The van der Waals surface area contributed by atoms with E-state index in [9.17, 15) is 15.8 Å². The van der Waals surface area contributed by atoms with E-state index in [1.54, 1.807) is 24.5 Å². The third-order valence-corrected chi connectivity index (χ3v) is 5.38. The van der Waals surface area contributed by atoms with Crippen LogP contribution in [0.5, 0.6) is 0 Å².